The molecule has 1 atom stereocenters. The first kappa shape index (κ1) is 29.0. The smallest absolute Gasteiger partial charge is 0.255 e. The number of benzene rings is 2. The number of hydrogen-bond acceptors (Lipinski definition) is 11. The van der Waals surface area contributed by atoms with Gasteiger partial charge < -0.3 is 20.9 Å². The quantitative estimate of drug-likeness (QED) is 0.207. The van der Waals surface area contributed by atoms with E-state index in [0.29, 0.717) is 29.4 Å². The summed E-state index contributed by atoms with van der Waals surface area (Å²) in [7, 11) is 0. The van der Waals surface area contributed by atoms with Crippen molar-refractivity contribution < 1.29 is 14.4 Å². The van der Waals surface area contributed by atoms with Crippen LogP contribution in [0, 0.1) is 0 Å². The number of para-hydroxylation sites is 2. The molecule has 2 fully saturated rings. The molecule has 2 aromatic carbocycles. The number of nitrogens with one attached hydrogen (secondary N) is 2. The minimum Gasteiger partial charge on any atom is -0.404 e. The molecule has 46 heavy (non-hydrogen) atoms. The Hall–Kier alpha value is -5.72. The number of aromatic nitrogens is 4. The number of nitrogens with zero attached hydrogens (tertiary/aromatic N) is 7. The van der Waals surface area contributed by atoms with Crippen LogP contribution in [0.4, 0.5) is 17.5 Å². The Morgan fingerprint density at radius 1 is 0.978 bits per heavy atom. The first-order valence-corrected chi connectivity index (χ1v) is 15.3. The maximum atomic E-state index is 13.2. The number of nitrogens with two attached hydrogens (primary N) is 1. The van der Waals surface area contributed by atoms with Gasteiger partial charge in [0.25, 0.3) is 5.91 Å². The molecule has 1 unspecified atom stereocenters. The lowest BCUT2D eigenvalue weighted by molar-refractivity contribution is -0.136. The van der Waals surface area contributed by atoms with Crippen molar-refractivity contribution in [3.63, 3.8) is 0 Å². The molecule has 0 saturated carbocycles. The second-order valence-electron chi connectivity index (χ2n) is 11.5. The zero-order chi connectivity index (χ0) is 31.6. The summed E-state index contributed by atoms with van der Waals surface area (Å²) in [5, 5.41) is 5.70. The molecular formula is C33H32N10O3. The minimum atomic E-state index is -0.673. The predicted molar refractivity (Wildman–Crippen MR) is 173 cm³/mol. The summed E-state index contributed by atoms with van der Waals surface area (Å²) < 4.78 is 0. The standard InChI is InChI=1S/C33H32N10O3/c34-16-20(27-18-37-25-5-1-2-6-26(25)38-27)17-36-21-11-14-42(15-12-21)33-35-13-10-29(40-33)39-24-7-3-4-22-23(24)19-43(32(22)46)28-8-9-30(44)41-31(28)45/h1-7,10,13,16-18,21,28H,8-9,11-12,14-15,19,34H2,(H,35,39,40)(H,41,44,45). The molecule has 3 aliphatic heterocycles. The molecule has 13 nitrogen and oxygen atoms in total. The fourth-order valence-electron chi connectivity index (χ4n) is 6.10. The summed E-state index contributed by atoms with van der Waals surface area (Å²) in [6.45, 7) is 1.74. The van der Waals surface area contributed by atoms with Crippen LogP contribution in [0.2, 0.25) is 0 Å². The maximum Gasteiger partial charge on any atom is 0.255 e. The SMILES string of the molecule is NC=C(C=NC1CCN(c2nccc(Nc3cccc4c3CN(C3CCC(=O)NC3=O)C4=O)n2)CC1)c1cnc2ccccc2n1. The van der Waals surface area contributed by atoms with E-state index in [0.717, 1.165) is 53.8 Å². The van der Waals surface area contributed by atoms with Crippen LogP contribution in [-0.2, 0) is 16.1 Å². The van der Waals surface area contributed by atoms with Crippen LogP contribution in [-0.4, -0.2) is 73.9 Å². The number of amides is 3. The number of carbonyl (C=O) groups excluding carboxylic acids is 3. The van der Waals surface area contributed by atoms with E-state index >= 15 is 0 Å². The van der Waals surface area contributed by atoms with Crippen molar-refractivity contribution in [3.8, 4) is 0 Å². The van der Waals surface area contributed by atoms with Crippen LogP contribution in [0.1, 0.15) is 47.3 Å². The van der Waals surface area contributed by atoms with Crippen LogP contribution < -0.4 is 21.3 Å². The number of carbonyl (C=O) groups is 3. The first-order chi connectivity index (χ1) is 22.5. The fourth-order valence-corrected chi connectivity index (χ4v) is 6.10. The summed E-state index contributed by atoms with van der Waals surface area (Å²) in [4.78, 5) is 64.2. The van der Waals surface area contributed by atoms with Gasteiger partial charge in [0.15, 0.2) is 0 Å². The van der Waals surface area contributed by atoms with E-state index < -0.39 is 11.9 Å². The van der Waals surface area contributed by atoms with Crippen LogP contribution in [0.5, 0.6) is 0 Å². The Kier molecular flexibility index (Phi) is 7.79. The summed E-state index contributed by atoms with van der Waals surface area (Å²) in [5.41, 5.74) is 11.0. The summed E-state index contributed by atoms with van der Waals surface area (Å²) in [6.07, 6.45) is 8.88. The highest BCUT2D eigenvalue weighted by Gasteiger charge is 2.40. The molecule has 4 N–H and O–H groups in total. The van der Waals surface area contributed by atoms with Gasteiger partial charge in [-0.1, -0.05) is 18.2 Å². The molecule has 5 heterocycles. The van der Waals surface area contributed by atoms with Crippen molar-refractivity contribution in [3.05, 3.63) is 83.9 Å². The second kappa shape index (κ2) is 12.3. The third kappa shape index (κ3) is 5.74. The van der Waals surface area contributed by atoms with E-state index in [1.165, 1.54) is 11.1 Å². The Labute approximate surface area is 264 Å². The predicted octanol–water partition coefficient (Wildman–Crippen LogP) is 2.96. The fraction of sp³-hybridized carbons (Fsp3) is 0.273. The Morgan fingerprint density at radius 3 is 2.61 bits per heavy atom. The number of rotatable bonds is 7. The lowest BCUT2D eigenvalue weighted by Crippen LogP contribution is -2.52. The Bertz CT molecular complexity index is 1900. The zero-order valence-corrected chi connectivity index (χ0v) is 25.0. The molecule has 7 rings (SSSR count). The summed E-state index contributed by atoms with van der Waals surface area (Å²) in [5.74, 6) is 0.239. The van der Waals surface area contributed by atoms with E-state index in [9.17, 15) is 14.4 Å². The molecule has 2 saturated heterocycles. The van der Waals surface area contributed by atoms with Gasteiger partial charge in [0.1, 0.15) is 11.9 Å². The number of fused-ring (bicyclic) bond motifs is 2. The number of aliphatic imine (C=N–C) groups is 1. The highest BCUT2D eigenvalue weighted by molar-refractivity contribution is 6.09. The van der Waals surface area contributed by atoms with Crippen LogP contribution in [0.3, 0.4) is 0 Å². The second-order valence-corrected chi connectivity index (χ2v) is 11.5. The lowest BCUT2D eigenvalue weighted by atomic mass is 10.0. The maximum absolute atomic E-state index is 13.2. The van der Waals surface area contributed by atoms with Crippen LogP contribution in [0.15, 0.2) is 72.1 Å². The van der Waals surface area contributed by atoms with Crippen molar-refractivity contribution in [1.82, 2.24) is 30.2 Å². The summed E-state index contributed by atoms with van der Waals surface area (Å²) in [6, 6.07) is 14.4. The van der Waals surface area contributed by atoms with Gasteiger partial charge in [-0.3, -0.25) is 29.7 Å². The molecule has 232 valence electrons. The molecular weight excluding hydrogens is 584 g/mol. The molecule has 0 radical (unpaired) electrons. The normalized spacial score (nSPS) is 19.2. The molecule has 3 amide bonds. The molecule has 4 aromatic rings. The highest BCUT2D eigenvalue weighted by atomic mass is 16.2. The van der Waals surface area contributed by atoms with E-state index in [-0.39, 0.29) is 30.8 Å². The van der Waals surface area contributed by atoms with Crippen LogP contribution >= 0.6 is 0 Å². The molecule has 0 aliphatic carbocycles. The third-order valence-electron chi connectivity index (χ3n) is 8.58. The zero-order valence-electron chi connectivity index (χ0n) is 25.0. The number of hydrogen-bond donors (Lipinski definition) is 3. The molecule has 3 aliphatic rings. The Morgan fingerprint density at radius 2 is 1.80 bits per heavy atom. The van der Waals surface area contributed by atoms with E-state index in [2.05, 4.69) is 30.5 Å². The Balaban J connectivity index is 0.990. The van der Waals surface area contributed by atoms with Crippen molar-refractivity contribution >= 4 is 58.0 Å². The van der Waals surface area contributed by atoms with E-state index in [4.69, 9.17) is 15.7 Å². The number of piperidine rings is 2. The van der Waals surface area contributed by atoms with Gasteiger partial charge in [-0.2, -0.15) is 4.98 Å². The van der Waals surface area contributed by atoms with Gasteiger partial charge in [-0.15, -0.1) is 0 Å². The average molecular weight is 617 g/mol. The van der Waals surface area contributed by atoms with E-state index in [1.807, 2.05) is 30.3 Å². The van der Waals surface area contributed by atoms with Gasteiger partial charge in [0.05, 0.1) is 29.0 Å². The van der Waals surface area contributed by atoms with E-state index in [1.54, 1.807) is 36.8 Å². The largest absolute Gasteiger partial charge is 0.404 e. The summed E-state index contributed by atoms with van der Waals surface area (Å²) >= 11 is 0. The van der Waals surface area contributed by atoms with Gasteiger partial charge in [0.2, 0.25) is 17.8 Å². The van der Waals surface area contributed by atoms with Gasteiger partial charge in [-0.05, 0) is 49.6 Å². The first-order valence-electron chi connectivity index (χ1n) is 15.3. The number of allylic oxidation sites excluding steroid dienone is 1. The molecule has 0 bridgehead atoms. The topological polar surface area (TPSA) is 172 Å². The van der Waals surface area contributed by atoms with Crippen LogP contribution in [0.25, 0.3) is 16.6 Å². The van der Waals surface area contributed by atoms with Crippen molar-refractivity contribution in [2.75, 3.05) is 23.3 Å². The number of imide groups is 1. The highest BCUT2D eigenvalue weighted by Crippen LogP contribution is 2.33. The third-order valence-corrected chi connectivity index (χ3v) is 8.58. The van der Waals surface area contributed by atoms with Crippen molar-refractivity contribution in [2.45, 2.75) is 44.3 Å². The number of anilines is 3. The monoisotopic (exact) mass is 616 g/mol. The van der Waals surface area contributed by atoms with Crippen molar-refractivity contribution in [1.29, 1.82) is 0 Å². The molecule has 2 aromatic heterocycles. The average Bonchev–Trinajstić information content (AvgIpc) is 3.42. The minimum absolute atomic E-state index is 0.123. The van der Waals surface area contributed by atoms with Gasteiger partial charge >= 0.3 is 0 Å². The van der Waals surface area contributed by atoms with Gasteiger partial charge in [-0.25, -0.2) is 9.97 Å². The molecule has 0 spiro atoms. The lowest BCUT2D eigenvalue weighted by Gasteiger charge is -2.30. The van der Waals surface area contributed by atoms with Gasteiger partial charge in [0, 0.05) is 67.1 Å². The van der Waals surface area contributed by atoms with Crippen molar-refractivity contribution in [2.24, 2.45) is 10.7 Å². The molecule has 13 heteroatoms.